The number of sulfonamides is 1. The molecule has 0 spiro atoms. The van der Waals surface area contributed by atoms with Crippen LogP contribution in [0.4, 0.5) is 17.1 Å². The van der Waals surface area contributed by atoms with Gasteiger partial charge in [0.1, 0.15) is 17.7 Å². The average molecular weight is 823 g/mol. The predicted molar refractivity (Wildman–Crippen MR) is 252 cm³/mol. The van der Waals surface area contributed by atoms with Crippen molar-refractivity contribution >= 4 is 50.0 Å². The van der Waals surface area contributed by atoms with Crippen molar-refractivity contribution < 1.29 is 26.1 Å². The molecule has 0 aliphatic carbocycles. The number of anilines is 2. The second kappa shape index (κ2) is 20.1. The lowest BCUT2D eigenvalue weighted by atomic mass is 9.97. The first kappa shape index (κ1) is 42.6. The Hall–Kier alpha value is -8.53. The van der Waals surface area contributed by atoms with E-state index < -0.39 is 21.6 Å². The summed E-state index contributed by atoms with van der Waals surface area (Å²) in [4.78, 5) is 38.0. The van der Waals surface area contributed by atoms with Gasteiger partial charge in [0.25, 0.3) is 0 Å². The highest BCUT2D eigenvalue weighted by molar-refractivity contribution is 7.88. The van der Waals surface area contributed by atoms with Gasteiger partial charge in [-0.3, -0.25) is 4.79 Å². The Morgan fingerprint density at radius 3 is 2.17 bits per heavy atom. The van der Waals surface area contributed by atoms with Crippen molar-refractivity contribution in [2.75, 3.05) is 36.1 Å². The molecule has 3 aromatic carbocycles. The van der Waals surface area contributed by atoms with Crippen LogP contribution >= 0.6 is 0 Å². The minimum atomic E-state index is -3.35. The highest BCUT2D eigenvalue weighted by atomic mass is 32.2. The van der Waals surface area contributed by atoms with Gasteiger partial charge in [0.05, 0.1) is 28.9 Å². The average Bonchev–Trinajstić information content (AvgIpc) is 3.56. The summed E-state index contributed by atoms with van der Waals surface area (Å²) in [6.45, 7) is 6.73. The number of hydrogen-bond donors (Lipinski definition) is 2. The minimum Gasteiger partial charge on any atom is -0.370 e. The predicted octanol–water partition coefficient (Wildman–Crippen LogP) is 6.68. The van der Waals surface area contributed by atoms with E-state index in [1.807, 2.05) is 36.9 Å². The number of amides is 1. The van der Waals surface area contributed by atoms with Crippen LogP contribution in [0, 0.1) is 101 Å². The largest absolute Gasteiger partial charge is 0.370 e. The number of nitrogens with zero attached hydrogens (tertiary/aromatic N) is 6. The molecule has 4 aromatic rings. The van der Waals surface area contributed by atoms with E-state index >= 15 is 0 Å². The minimum absolute atomic E-state index is 0. The highest BCUT2D eigenvalue weighted by Crippen LogP contribution is 2.39. The van der Waals surface area contributed by atoms with Gasteiger partial charge in [0.2, 0.25) is 10.0 Å². The molecule has 1 aromatic heterocycles. The third kappa shape index (κ3) is 10.6. The number of benzene rings is 3. The van der Waals surface area contributed by atoms with Gasteiger partial charge in [-0.05, 0) is 121 Å². The molecule has 5 rings (SSSR count). The molecule has 0 unspecified atom stereocenters. The van der Waals surface area contributed by atoms with Crippen LogP contribution in [0.1, 0.15) is 49.1 Å². The second-order valence-electron chi connectivity index (χ2n) is 12.5. The van der Waals surface area contributed by atoms with Crippen molar-refractivity contribution in [2.45, 2.75) is 20.8 Å². The number of aromatic nitrogens is 2. The molecular weight excluding hydrogens is 773 g/mol. The number of carbonyl (C=O) groups excluding carboxylic acids is 1. The van der Waals surface area contributed by atoms with Crippen LogP contribution in [0.5, 0.6) is 0 Å². The van der Waals surface area contributed by atoms with E-state index in [1.54, 1.807) is 55.5 Å². The highest BCUT2D eigenvalue weighted by Gasteiger charge is 2.35. The summed E-state index contributed by atoms with van der Waals surface area (Å²) in [5.41, 5.74) is 2.85. The van der Waals surface area contributed by atoms with Crippen LogP contribution in [0.25, 0.3) is 22.4 Å². The van der Waals surface area contributed by atoms with E-state index in [2.05, 4.69) is 98.2 Å². The second-order valence-corrected chi connectivity index (χ2v) is 14.3. The molecule has 0 fully saturated rings. The molecule has 0 bridgehead atoms. The fourth-order valence-corrected chi connectivity index (χ4v) is 6.39. The molecule has 0 saturated carbocycles. The van der Waals surface area contributed by atoms with Gasteiger partial charge < -0.3 is 10.2 Å². The number of carbonyl (C=O) groups is 1. The summed E-state index contributed by atoms with van der Waals surface area (Å²) in [5.74, 6) is 29.3. The maximum absolute atomic E-state index is 14.1. The molecule has 0 atom stereocenters. The van der Waals surface area contributed by atoms with Gasteiger partial charge in [-0.1, -0.05) is 48.4 Å². The Bertz CT molecular complexity index is 3170. The van der Waals surface area contributed by atoms with Crippen LogP contribution in [-0.2, 0) is 14.8 Å². The Morgan fingerprint density at radius 2 is 1.55 bits per heavy atom. The molecule has 0 saturated heterocycles. The van der Waals surface area contributed by atoms with Crippen LogP contribution in [0.2, 0.25) is 0 Å². The lowest BCUT2D eigenvalue weighted by Crippen LogP contribution is -2.34. The summed E-state index contributed by atoms with van der Waals surface area (Å²) in [7, 11) is -3.35. The zero-order valence-electron chi connectivity index (χ0n) is 32.8. The van der Waals surface area contributed by atoms with E-state index in [1.165, 1.54) is 10.6 Å². The monoisotopic (exact) mass is 822 g/mol. The number of nitriles is 2. The Kier molecular flexibility index (Phi) is 14.2. The Balaban J connectivity index is -0.00000152. The first-order chi connectivity index (χ1) is 29.0. The Morgan fingerprint density at radius 1 is 0.883 bits per heavy atom. The van der Waals surface area contributed by atoms with Gasteiger partial charge in [-0.25, -0.2) is 27.5 Å². The third-order valence-corrected chi connectivity index (χ3v) is 9.19. The van der Waals surface area contributed by atoms with Gasteiger partial charge in [-0.15, -0.1) is 0 Å². The molecule has 1 amide bonds. The maximum atomic E-state index is 14.1. The van der Waals surface area contributed by atoms with Crippen LogP contribution in [-0.4, -0.2) is 55.6 Å². The molecule has 0 radical (unpaired) electrons. The first-order valence-corrected chi connectivity index (χ1v) is 19.9. The summed E-state index contributed by atoms with van der Waals surface area (Å²) in [6.07, 6.45) is 1.11. The molecule has 13 heteroatoms. The maximum Gasteiger partial charge on any atom is 0.354 e. The van der Waals surface area contributed by atoms with Crippen LogP contribution in [0.15, 0.2) is 82.6 Å². The molecular formula is C47H50N8O4S. The molecule has 1 aliphatic rings. The lowest BCUT2D eigenvalue weighted by molar-refractivity contribution is -0.111. The number of nitrogens with one attached hydrogen (secondary N) is 2. The number of allylic oxidation sites excluding steroid dienone is 2. The number of aliphatic imine (C=N–C) groups is 1. The zero-order chi connectivity index (χ0) is 43.1. The third-order valence-electron chi connectivity index (χ3n) is 8.46. The number of fused-ring (bicyclic) bond motifs is 1. The van der Waals surface area contributed by atoms with Crippen molar-refractivity contribution in [1.29, 1.82) is 10.5 Å². The summed E-state index contributed by atoms with van der Waals surface area (Å²) in [6, 6.07) is 25.2. The van der Waals surface area contributed by atoms with Crippen molar-refractivity contribution in [3.05, 3.63) is 106 Å². The molecule has 2 heterocycles. The van der Waals surface area contributed by atoms with E-state index in [-0.39, 0.29) is 47.7 Å². The van der Waals surface area contributed by atoms with Crippen LogP contribution < -0.4 is 20.6 Å². The molecule has 2 N–H and O–H groups in total. The quantitative estimate of drug-likeness (QED) is 0.167. The van der Waals surface area contributed by atoms with Crippen molar-refractivity contribution in [3.63, 3.8) is 0 Å². The normalized spacial score (nSPS) is 11.3. The van der Waals surface area contributed by atoms with E-state index in [9.17, 15) is 28.5 Å². The smallest absolute Gasteiger partial charge is 0.354 e. The number of aryl methyl sites for hydroxylation is 1. The number of rotatable bonds is 10. The number of likely N-dealkylation sites (N-methyl/N-ethyl adjacent to an activating group) is 1. The van der Waals surface area contributed by atoms with Gasteiger partial charge in [-0.2, -0.15) is 15.5 Å². The fourth-order valence-electron chi connectivity index (χ4n) is 5.92. The van der Waals surface area contributed by atoms with Crippen LogP contribution in [0.3, 0.4) is 0 Å². The first-order valence-electron chi connectivity index (χ1n) is 18.0. The molecule has 60 heavy (non-hydrogen) atoms. The lowest BCUT2D eigenvalue weighted by Gasteiger charge is -2.24. The standard InChI is InChI=1S/C47H32N8O4S.9H2/c1-5-7-8-9-10-11-12-13-14-15-19-25-42(56)51-37-24-20-23-36(31-37)44-40(33-49)45-39(32-48)43(35-21-17-16-18-22-35)46(55(45)47(57)53-44)52-41-27-26-38(30-34(41)3)54(6-2)29-28-50-60(4,58)59;;;;;;;;;/h16-18,20-24,26-27,30-31,50H,6,28-29H2,1-4H3,(H,51,56);9*1H. The molecule has 308 valence electrons. The van der Waals surface area contributed by atoms with E-state index in [0.717, 1.165) is 17.5 Å². The Labute approximate surface area is 362 Å². The summed E-state index contributed by atoms with van der Waals surface area (Å²) < 4.78 is 26.9. The molecule has 12 nitrogen and oxygen atoms in total. The van der Waals surface area contributed by atoms with Crippen molar-refractivity contribution in [1.82, 2.24) is 14.3 Å². The van der Waals surface area contributed by atoms with Gasteiger partial charge >= 0.3 is 11.6 Å². The molecule has 1 aliphatic heterocycles. The van der Waals surface area contributed by atoms with Crippen molar-refractivity contribution in [2.24, 2.45) is 4.99 Å². The zero-order valence-corrected chi connectivity index (χ0v) is 33.6. The SMILES string of the molecule is CC#CC#CC#CC#CC#CC#CC(=O)Nc1cccc(-c2nc(=O)n3c(c2C#N)C(C#N)=C(c2ccccc2)C3=Nc2ccc(N(CC)CCNS(C)(=O)=O)cc2C)c1.[HH].[HH].[HH].[HH].[HH].[HH].[HH].[HH].[HH]. The summed E-state index contributed by atoms with van der Waals surface area (Å²) in [5, 5.41) is 24.0. The van der Waals surface area contributed by atoms with Crippen molar-refractivity contribution in [3.8, 4) is 94.4 Å². The van der Waals surface area contributed by atoms with Gasteiger partial charge in [0, 0.05) is 60.9 Å². The van der Waals surface area contributed by atoms with E-state index in [4.69, 9.17) is 4.99 Å². The summed E-state index contributed by atoms with van der Waals surface area (Å²) >= 11 is 0. The topological polar surface area (TPSA) is 173 Å². The number of hydrogen-bond acceptors (Lipinski definition) is 9. The van der Waals surface area contributed by atoms with E-state index in [0.29, 0.717) is 41.2 Å². The fraction of sp³-hybridized carbons (Fsp3) is 0.149. The van der Waals surface area contributed by atoms with Gasteiger partial charge in [0.15, 0.2) is 5.84 Å².